The van der Waals surface area contributed by atoms with E-state index in [1.165, 1.54) is 16.6 Å². The predicted molar refractivity (Wildman–Crippen MR) is 97.4 cm³/mol. The Balaban J connectivity index is 1.37. The smallest absolute Gasteiger partial charge is 0.338 e. The van der Waals surface area contributed by atoms with Gasteiger partial charge < -0.3 is 9.26 Å². The van der Waals surface area contributed by atoms with Gasteiger partial charge in [0.2, 0.25) is 5.82 Å². The number of tetrazole rings is 1. The highest BCUT2D eigenvalue weighted by molar-refractivity contribution is 5.89. The Labute approximate surface area is 160 Å². The lowest BCUT2D eigenvalue weighted by molar-refractivity contribution is 0.0430. The highest BCUT2D eigenvalue weighted by Gasteiger charge is 2.13. The van der Waals surface area contributed by atoms with E-state index in [4.69, 9.17) is 9.26 Å². The molecular weight excluding hydrogens is 360 g/mol. The molecule has 2 heterocycles. The molecule has 140 valence electrons. The minimum Gasteiger partial charge on any atom is -0.452 e. The maximum absolute atomic E-state index is 12.2. The van der Waals surface area contributed by atoms with Gasteiger partial charge >= 0.3 is 5.97 Å². The molecule has 0 amide bonds. The number of ether oxygens (including phenoxy) is 1. The van der Waals surface area contributed by atoms with Crippen LogP contribution in [0.1, 0.15) is 28.7 Å². The van der Waals surface area contributed by atoms with E-state index in [1.807, 2.05) is 24.3 Å². The lowest BCUT2D eigenvalue weighted by atomic mass is 10.1. The molecule has 0 aliphatic carbocycles. The van der Waals surface area contributed by atoms with Crippen molar-refractivity contribution < 1.29 is 14.1 Å². The number of carbonyl (C=O) groups is 1. The van der Waals surface area contributed by atoms with Crippen LogP contribution in [0.25, 0.3) is 17.1 Å². The van der Waals surface area contributed by atoms with Gasteiger partial charge in [0.25, 0.3) is 5.89 Å². The first-order valence-electron chi connectivity index (χ1n) is 8.65. The van der Waals surface area contributed by atoms with E-state index in [0.29, 0.717) is 11.4 Å². The second kappa shape index (κ2) is 7.78. The minimum atomic E-state index is -0.490. The van der Waals surface area contributed by atoms with Gasteiger partial charge in [-0.1, -0.05) is 36.3 Å². The van der Waals surface area contributed by atoms with Crippen molar-refractivity contribution in [1.29, 1.82) is 0 Å². The van der Waals surface area contributed by atoms with E-state index in [0.717, 1.165) is 17.7 Å². The van der Waals surface area contributed by atoms with E-state index >= 15 is 0 Å². The molecule has 0 fully saturated rings. The van der Waals surface area contributed by atoms with Crippen molar-refractivity contribution in [3.63, 3.8) is 0 Å². The predicted octanol–water partition coefficient (Wildman–Crippen LogP) is 2.63. The Morgan fingerprint density at radius 2 is 1.89 bits per heavy atom. The van der Waals surface area contributed by atoms with Crippen molar-refractivity contribution in [2.45, 2.75) is 20.0 Å². The Hall–Kier alpha value is -3.88. The molecule has 0 saturated carbocycles. The topological polar surface area (TPSA) is 109 Å². The van der Waals surface area contributed by atoms with Crippen LogP contribution in [0.5, 0.6) is 0 Å². The van der Waals surface area contributed by atoms with Crippen LogP contribution in [0.2, 0.25) is 0 Å². The molecular formula is C19H16N6O3. The van der Waals surface area contributed by atoms with Crippen LogP contribution in [0.15, 0.2) is 59.4 Å². The normalized spacial score (nSPS) is 10.8. The van der Waals surface area contributed by atoms with E-state index in [9.17, 15) is 4.79 Å². The molecule has 4 rings (SSSR count). The number of benzene rings is 2. The number of nitrogens with zero attached hydrogens (tertiary/aromatic N) is 6. The summed E-state index contributed by atoms with van der Waals surface area (Å²) < 4.78 is 11.9. The number of aromatic nitrogens is 6. The summed E-state index contributed by atoms with van der Waals surface area (Å²) in [6.07, 6.45) is 2.43. The number of aryl methyl sites for hydroxylation is 1. The van der Waals surface area contributed by atoms with E-state index in [-0.39, 0.29) is 12.5 Å². The van der Waals surface area contributed by atoms with Crippen molar-refractivity contribution in [2.24, 2.45) is 0 Å². The lowest BCUT2D eigenvalue weighted by Crippen LogP contribution is -2.06. The molecule has 0 saturated heterocycles. The van der Waals surface area contributed by atoms with Crippen LogP contribution in [0, 0.1) is 0 Å². The van der Waals surface area contributed by atoms with E-state index in [1.54, 1.807) is 24.3 Å². The van der Waals surface area contributed by atoms with Crippen LogP contribution in [-0.4, -0.2) is 36.3 Å². The minimum absolute atomic E-state index is 0.104. The summed E-state index contributed by atoms with van der Waals surface area (Å²) in [6.45, 7) is 1.99. The third-order valence-corrected chi connectivity index (χ3v) is 4.13. The average Bonchev–Trinajstić information content (AvgIpc) is 3.44. The van der Waals surface area contributed by atoms with Gasteiger partial charge in [0.1, 0.15) is 6.33 Å². The number of rotatable bonds is 6. The molecule has 0 N–H and O–H groups in total. The van der Waals surface area contributed by atoms with Crippen molar-refractivity contribution in [2.75, 3.05) is 0 Å². The fraction of sp³-hybridized carbons (Fsp3) is 0.158. The SMILES string of the molecule is CCc1ccc(-c2noc(COC(=O)c3ccc(-n4cnnn4)cc3)n2)cc1. The van der Waals surface area contributed by atoms with Crippen LogP contribution in [-0.2, 0) is 17.8 Å². The van der Waals surface area contributed by atoms with Crippen LogP contribution in [0.4, 0.5) is 0 Å². The Kier molecular flexibility index (Phi) is 4.87. The van der Waals surface area contributed by atoms with Crippen LogP contribution >= 0.6 is 0 Å². The quantitative estimate of drug-likeness (QED) is 0.473. The van der Waals surface area contributed by atoms with Gasteiger partial charge in [-0.2, -0.15) is 4.98 Å². The fourth-order valence-electron chi connectivity index (χ4n) is 2.56. The average molecular weight is 376 g/mol. The molecule has 0 atom stereocenters. The molecule has 28 heavy (non-hydrogen) atoms. The third-order valence-electron chi connectivity index (χ3n) is 4.13. The zero-order valence-electron chi connectivity index (χ0n) is 15.0. The Bertz CT molecular complexity index is 1060. The summed E-state index contributed by atoms with van der Waals surface area (Å²) in [6, 6.07) is 14.6. The molecule has 0 spiro atoms. The first-order valence-corrected chi connectivity index (χ1v) is 8.65. The molecule has 2 aromatic carbocycles. The molecule has 0 radical (unpaired) electrons. The van der Waals surface area contributed by atoms with Crippen LogP contribution < -0.4 is 0 Å². The molecule has 0 aliphatic rings. The molecule has 4 aromatic rings. The van der Waals surface area contributed by atoms with E-state index in [2.05, 4.69) is 32.6 Å². The second-order valence-electron chi connectivity index (χ2n) is 5.94. The summed E-state index contributed by atoms with van der Waals surface area (Å²) in [5, 5.41) is 14.9. The summed E-state index contributed by atoms with van der Waals surface area (Å²) in [5.41, 5.74) is 3.20. The zero-order chi connectivity index (χ0) is 19.3. The Morgan fingerprint density at radius 3 is 2.57 bits per heavy atom. The second-order valence-corrected chi connectivity index (χ2v) is 5.94. The molecule has 2 aromatic heterocycles. The summed E-state index contributed by atoms with van der Waals surface area (Å²) in [5.74, 6) is 0.197. The van der Waals surface area contributed by atoms with Crippen molar-refractivity contribution in [3.05, 3.63) is 71.9 Å². The lowest BCUT2D eigenvalue weighted by Gasteiger charge is -2.03. The van der Waals surface area contributed by atoms with Gasteiger partial charge in [-0.3, -0.25) is 0 Å². The molecule has 0 bridgehead atoms. The fourth-order valence-corrected chi connectivity index (χ4v) is 2.56. The van der Waals surface area contributed by atoms with Gasteiger partial charge in [-0.15, -0.1) is 5.10 Å². The highest BCUT2D eigenvalue weighted by Crippen LogP contribution is 2.17. The molecule has 9 heteroatoms. The molecule has 0 aliphatic heterocycles. The number of esters is 1. The maximum atomic E-state index is 12.2. The maximum Gasteiger partial charge on any atom is 0.338 e. The molecule has 9 nitrogen and oxygen atoms in total. The van der Waals surface area contributed by atoms with Crippen molar-refractivity contribution >= 4 is 5.97 Å². The van der Waals surface area contributed by atoms with E-state index < -0.39 is 5.97 Å². The van der Waals surface area contributed by atoms with Crippen LogP contribution in [0.3, 0.4) is 0 Å². The van der Waals surface area contributed by atoms with Crippen molar-refractivity contribution in [1.82, 2.24) is 30.3 Å². The zero-order valence-corrected chi connectivity index (χ0v) is 15.0. The standard InChI is InChI=1S/C19H16N6O3/c1-2-13-3-5-14(6-4-13)18-21-17(28-22-18)11-27-19(26)15-7-9-16(10-8-15)25-12-20-23-24-25/h3-10,12H,2,11H2,1H3. The highest BCUT2D eigenvalue weighted by atomic mass is 16.6. The number of hydrogen-bond acceptors (Lipinski definition) is 8. The first kappa shape index (κ1) is 17.5. The number of carbonyl (C=O) groups excluding carboxylic acids is 1. The third kappa shape index (κ3) is 3.78. The van der Waals surface area contributed by atoms with Crippen molar-refractivity contribution in [3.8, 4) is 17.1 Å². The first-order chi connectivity index (χ1) is 13.7. The monoisotopic (exact) mass is 376 g/mol. The summed E-state index contributed by atoms with van der Waals surface area (Å²) in [7, 11) is 0. The largest absolute Gasteiger partial charge is 0.452 e. The Morgan fingerprint density at radius 1 is 1.11 bits per heavy atom. The summed E-state index contributed by atoms with van der Waals surface area (Å²) >= 11 is 0. The van der Waals surface area contributed by atoms with Gasteiger partial charge in [0, 0.05) is 5.56 Å². The van der Waals surface area contributed by atoms with Gasteiger partial charge in [-0.25, -0.2) is 9.48 Å². The molecule has 0 unspecified atom stereocenters. The van der Waals surface area contributed by atoms with Gasteiger partial charge in [0.15, 0.2) is 6.61 Å². The summed E-state index contributed by atoms with van der Waals surface area (Å²) in [4.78, 5) is 16.5. The van der Waals surface area contributed by atoms with Gasteiger partial charge in [-0.05, 0) is 46.7 Å². The number of hydrogen-bond donors (Lipinski definition) is 0. The van der Waals surface area contributed by atoms with Gasteiger partial charge in [0.05, 0.1) is 11.3 Å².